The van der Waals surface area contributed by atoms with Gasteiger partial charge in [0.15, 0.2) is 5.69 Å². The molecular weight excluding hydrogens is 359 g/mol. The van der Waals surface area contributed by atoms with E-state index in [4.69, 9.17) is 0 Å². The standard InChI is InChI=1S/C18H26F3N5O/c1-13(2)24-7-9-26(10-8-24)17(27)14-3-5-25(6-4-14)16-12-22-15(11-23-16)18(19,20)21/h11-14H,3-10H2,1-2H3. The number of piperidine rings is 1. The fourth-order valence-corrected chi connectivity index (χ4v) is 3.70. The monoisotopic (exact) mass is 385 g/mol. The smallest absolute Gasteiger partial charge is 0.355 e. The molecule has 2 saturated heterocycles. The SMILES string of the molecule is CC(C)N1CCN(C(=O)C2CCN(c3cnc(C(F)(F)F)cn3)CC2)CC1. The van der Waals surface area contributed by atoms with Crippen molar-refractivity contribution in [2.45, 2.75) is 38.9 Å². The first-order valence-electron chi connectivity index (χ1n) is 9.42. The summed E-state index contributed by atoms with van der Waals surface area (Å²) in [6.07, 6.45) is -1.18. The van der Waals surface area contributed by atoms with Crippen molar-refractivity contribution in [3.8, 4) is 0 Å². The van der Waals surface area contributed by atoms with Gasteiger partial charge in [0.25, 0.3) is 0 Å². The highest BCUT2D eigenvalue weighted by Crippen LogP contribution is 2.28. The third kappa shape index (κ3) is 4.69. The summed E-state index contributed by atoms with van der Waals surface area (Å²) in [4.78, 5) is 26.3. The minimum absolute atomic E-state index is 0.0192. The van der Waals surface area contributed by atoms with E-state index in [1.54, 1.807) is 0 Å². The summed E-state index contributed by atoms with van der Waals surface area (Å²) >= 11 is 0. The Kier molecular flexibility index (Phi) is 5.88. The Morgan fingerprint density at radius 2 is 1.67 bits per heavy atom. The molecule has 0 atom stereocenters. The molecule has 2 aliphatic rings. The molecule has 0 aromatic carbocycles. The van der Waals surface area contributed by atoms with Gasteiger partial charge in [-0.3, -0.25) is 9.69 Å². The number of anilines is 1. The normalized spacial score (nSPS) is 20.4. The van der Waals surface area contributed by atoms with Crippen LogP contribution in [-0.2, 0) is 11.0 Å². The lowest BCUT2D eigenvalue weighted by molar-refractivity contribution is -0.141. The Bertz CT molecular complexity index is 633. The minimum Gasteiger partial charge on any atom is -0.355 e. The van der Waals surface area contributed by atoms with E-state index < -0.39 is 11.9 Å². The minimum atomic E-state index is -4.48. The van der Waals surface area contributed by atoms with Crippen LogP contribution in [0.2, 0.25) is 0 Å². The average molecular weight is 385 g/mol. The molecule has 0 radical (unpaired) electrons. The van der Waals surface area contributed by atoms with Crippen LogP contribution in [0.15, 0.2) is 12.4 Å². The Morgan fingerprint density at radius 3 is 2.15 bits per heavy atom. The van der Waals surface area contributed by atoms with Crippen LogP contribution in [0.1, 0.15) is 32.4 Å². The zero-order valence-electron chi connectivity index (χ0n) is 15.7. The van der Waals surface area contributed by atoms with E-state index in [-0.39, 0.29) is 11.8 Å². The van der Waals surface area contributed by atoms with Gasteiger partial charge in [0.1, 0.15) is 5.82 Å². The van der Waals surface area contributed by atoms with Crippen LogP contribution in [0.3, 0.4) is 0 Å². The van der Waals surface area contributed by atoms with E-state index in [0.717, 1.165) is 38.6 Å². The zero-order chi connectivity index (χ0) is 19.6. The molecule has 0 spiro atoms. The number of nitrogens with zero attached hydrogens (tertiary/aromatic N) is 5. The first-order chi connectivity index (χ1) is 12.8. The Labute approximate surface area is 157 Å². The molecule has 0 bridgehead atoms. The fraction of sp³-hybridized carbons (Fsp3) is 0.722. The summed E-state index contributed by atoms with van der Waals surface area (Å²) in [7, 11) is 0. The number of amides is 1. The van der Waals surface area contributed by atoms with Crippen LogP contribution in [0, 0.1) is 5.92 Å². The highest BCUT2D eigenvalue weighted by atomic mass is 19.4. The van der Waals surface area contributed by atoms with Crippen molar-refractivity contribution in [3.05, 3.63) is 18.1 Å². The van der Waals surface area contributed by atoms with Crippen molar-refractivity contribution in [3.63, 3.8) is 0 Å². The van der Waals surface area contributed by atoms with Crippen molar-refractivity contribution in [1.82, 2.24) is 19.8 Å². The van der Waals surface area contributed by atoms with Crippen molar-refractivity contribution < 1.29 is 18.0 Å². The van der Waals surface area contributed by atoms with Crippen LogP contribution in [-0.4, -0.2) is 71.0 Å². The summed E-state index contributed by atoms with van der Waals surface area (Å²) in [6.45, 7) is 8.87. The van der Waals surface area contributed by atoms with Gasteiger partial charge in [-0.2, -0.15) is 13.2 Å². The second-order valence-electron chi connectivity index (χ2n) is 7.47. The van der Waals surface area contributed by atoms with Crippen LogP contribution in [0.4, 0.5) is 19.0 Å². The molecule has 2 fully saturated rings. The summed E-state index contributed by atoms with van der Waals surface area (Å²) in [5, 5.41) is 0. The molecule has 150 valence electrons. The van der Waals surface area contributed by atoms with Gasteiger partial charge in [-0.15, -0.1) is 0 Å². The topological polar surface area (TPSA) is 52.6 Å². The third-order valence-corrected chi connectivity index (χ3v) is 5.45. The fourth-order valence-electron chi connectivity index (χ4n) is 3.70. The molecule has 27 heavy (non-hydrogen) atoms. The maximum atomic E-state index is 12.8. The molecule has 0 saturated carbocycles. The summed E-state index contributed by atoms with van der Waals surface area (Å²) in [5.41, 5.74) is -0.989. The average Bonchev–Trinajstić information content (AvgIpc) is 2.67. The molecule has 0 unspecified atom stereocenters. The maximum absolute atomic E-state index is 12.8. The lowest BCUT2D eigenvalue weighted by atomic mass is 9.95. The van der Waals surface area contributed by atoms with Gasteiger partial charge < -0.3 is 9.80 Å². The quantitative estimate of drug-likeness (QED) is 0.799. The number of carbonyl (C=O) groups excluding carboxylic acids is 1. The number of piperazine rings is 1. The summed E-state index contributed by atoms with van der Waals surface area (Å²) in [6, 6.07) is 0.496. The molecular formula is C18H26F3N5O. The van der Waals surface area contributed by atoms with Gasteiger partial charge >= 0.3 is 6.18 Å². The van der Waals surface area contributed by atoms with E-state index in [9.17, 15) is 18.0 Å². The predicted molar refractivity (Wildman–Crippen MR) is 95.3 cm³/mol. The summed E-state index contributed by atoms with van der Waals surface area (Å²) in [5.74, 6) is 0.616. The number of alkyl halides is 3. The second kappa shape index (κ2) is 8.00. The van der Waals surface area contributed by atoms with Gasteiger partial charge in [0.05, 0.1) is 12.4 Å². The molecule has 0 aliphatic carbocycles. The van der Waals surface area contributed by atoms with Crippen LogP contribution in [0.25, 0.3) is 0 Å². The van der Waals surface area contributed by atoms with Crippen molar-refractivity contribution >= 4 is 11.7 Å². The molecule has 6 nitrogen and oxygen atoms in total. The number of hydrogen-bond acceptors (Lipinski definition) is 5. The number of aromatic nitrogens is 2. The second-order valence-corrected chi connectivity index (χ2v) is 7.47. The first kappa shape index (κ1) is 19.9. The van der Waals surface area contributed by atoms with E-state index in [1.807, 2.05) is 9.80 Å². The third-order valence-electron chi connectivity index (χ3n) is 5.45. The summed E-state index contributed by atoms with van der Waals surface area (Å²) < 4.78 is 37.8. The Hall–Kier alpha value is -1.90. The molecule has 1 aromatic heterocycles. The van der Waals surface area contributed by atoms with Gasteiger partial charge in [-0.1, -0.05) is 0 Å². The highest BCUT2D eigenvalue weighted by Gasteiger charge is 2.34. The molecule has 0 N–H and O–H groups in total. The van der Waals surface area contributed by atoms with Crippen molar-refractivity contribution in [1.29, 1.82) is 0 Å². The number of rotatable bonds is 3. The van der Waals surface area contributed by atoms with Gasteiger partial charge in [0.2, 0.25) is 5.91 Å². The van der Waals surface area contributed by atoms with Crippen LogP contribution < -0.4 is 4.90 Å². The van der Waals surface area contributed by atoms with Gasteiger partial charge in [0, 0.05) is 51.2 Å². The predicted octanol–water partition coefficient (Wildman–Crippen LogP) is 2.26. The lowest BCUT2D eigenvalue weighted by Crippen LogP contribution is -2.53. The van der Waals surface area contributed by atoms with Crippen LogP contribution in [0.5, 0.6) is 0 Å². The Morgan fingerprint density at radius 1 is 1.04 bits per heavy atom. The molecule has 1 amide bonds. The van der Waals surface area contributed by atoms with Gasteiger partial charge in [-0.05, 0) is 26.7 Å². The first-order valence-corrected chi connectivity index (χ1v) is 9.42. The molecule has 2 aliphatic heterocycles. The number of halogens is 3. The van der Waals surface area contributed by atoms with E-state index in [1.165, 1.54) is 0 Å². The Balaban J connectivity index is 1.51. The van der Waals surface area contributed by atoms with E-state index in [0.29, 0.717) is 37.8 Å². The molecule has 9 heteroatoms. The number of hydrogen-bond donors (Lipinski definition) is 0. The zero-order valence-corrected chi connectivity index (χ0v) is 15.7. The lowest BCUT2D eigenvalue weighted by Gasteiger charge is -2.40. The molecule has 3 heterocycles. The molecule has 1 aromatic rings. The van der Waals surface area contributed by atoms with E-state index >= 15 is 0 Å². The molecule has 3 rings (SSSR count). The highest BCUT2D eigenvalue weighted by molar-refractivity contribution is 5.79. The van der Waals surface area contributed by atoms with Crippen LogP contribution >= 0.6 is 0 Å². The van der Waals surface area contributed by atoms with E-state index in [2.05, 4.69) is 28.7 Å². The van der Waals surface area contributed by atoms with Gasteiger partial charge in [-0.25, -0.2) is 9.97 Å². The number of carbonyl (C=O) groups is 1. The largest absolute Gasteiger partial charge is 0.434 e. The van der Waals surface area contributed by atoms with Crippen molar-refractivity contribution in [2.75, 3.05) is 44.2 Å². The van der Waals surface area contributed by atoms with Crippen molar-refractivity contribution in [2.24, 2.45) is 5.92 Å². The maximum Gasteiger partial charge on any atom is 0.434 e.